The van der Waals surface area contributed by atoms with E-state index < -0.39 is 54.5 Å². The summed E-state index contributed by atoms with van der Waals surface area (Å²) in [5.74, 6) is -1.16. The first-order valence-corrected chi connectivity index (χ1v) is 27.2. The number of hydroxylamine groups is 2. The van der Waals surface area contributed by atoms with Crippen molar-refractivity contribution in [3.05, 3.63) is 106 Å². The van der Waals surface area contributed by atoms with Gasteiger partial charge >= 0.3 is 5.97 Å². The average Bonchev–Trinajstić information content (AvgIpc) is 3.84. The van der Waals surface area contributed by atoms with E-state index in [4.69, 9.17) is 14.3 Å². The highest BCUT2D eigenvalue weighted by atomic mass is 32.2. The highest BCUT2D eigenvalue weighted by Gasteiger charge is 2.46. The van der Waals surface area contributed by atoms with E-state index in [0.717, 1.165) is 39.5 Å². The van der Waals surface area contributed by atoms with E-state index in [9.17, 15) is 50.2 Å². The Balaban J connectivity index is 1.04. The van der Waals surface area contributed by atoms with E-state index in [2.05, 4.69) is 9.89 Å². The third kappa shape index (κ3) is 11.2. The summed E-state index contributed by atoms with van der Waals surface area (Å²) >= 11 is 0. The first kappa shape index (κ1) is 54.6. The third-order valence-electron chi connectivity index (χ3n) is 14.5. The van der Waals surface area contributed by atoms with Crippen molar-refractivity contribution < 1.29 is 69.1 Å². The summed E-state index contributed by atoms with van der Waals surface area (Å²) in [6.07, 6.45) is 12.1. The largest absolute Gasteiger partial charge is 0.507 e. The Morgan fingerprint density at radius 3 is 2.14 bits per heavy atom. The van der Waals surface area contributed by atoms with Gasteiger partial charge in [-0.1, -0.05) is 32.1 Å². The number of phenolic OH excluding ortho intramolecular Hbond substituents is 1. The maximum absolute atomic E-state index is 13.5. The fourth-order valence-electron chi connectivity index (χ4n) is 10.1. The number of benzene rings is 3. The minimum absolute atomic E-state index is 0.00159. The Morgan fingerprint density at radius 1 is 0.808 bits per heavy atom. The number of fused-ring (bicyclic) bond motifs is 3. The number of imide groups is 1. The van der Waals surface area contributed by atoms with Gasteiger partial charge in [0.25, 0.3) is 38.0 Å². The van der Waals surface area contributed by atoms with Gasteiger partial charge in [0, 0.05) is 85.3 Å². The number of hydrogen-bond acceptors (Lipinski definition) is 13. The van der Waals surface area contributed by atoms with Crippen LogP contribution in [-0.2, 0) is 66.2 Å². The van der Waals surface area contributed by atoms with Crippen LogP contribution in [0.15, 0.2) is 82.3 Å². The second-order valence-corrected chi connectivity index (χ2v) is 23.0. The quantitative estimate of drug-likeness (QED) is 0.0308. The van der Waals surface area contributed by atoms with Crippen LogP contribution in [0.2, 0.25) is 0 Å². The van der Waals surface area contributed by atoms with E-state index in [1.807, 2.05) is 83.7 Å². The zero-order valence-electron chi connectivity index (χ0n) is 42.5. The third-order valence-corrected chi connectivity index (χ3v) is 16.2. The van der Waals surface area contributed by atoms with Crippen molar-refractivity contribution in [1.82, 2.24) is 10.4 Å². The van der Waals surface area contributed by atoms with Crippen LogP contribution in [0.5, 0.6) is 11.5 Å². The summed E-state index contributed by atoms with van der Waals surface area (Å²) in [4.78, 5) is 56.2. The molecule has 0 aliphatic carbocycles. The highest BCUT2D eigenvalue weighted by Crippen LogP contribution is 2.49. The molecule has 1 atom stereocenters. The summed E-state index contributed by atoms with van der Waals surface area (Å²) in [5, 5.41) is 14.1. The Bertz CT molecular complexity index is 3100. The number of unbranched alkanes of at least 4 members (excludes halogenated alkanes) is 2. The van der Waals surface area contributed by atoms with E-state index in [1.54, 1.807) is 19.1 Å². The molecule has 4 heterocycles. The maximum Gasteiger partial charge on any atom is 0.333 e. The number of carbonyl (C=O) groups is 4. The topological polar surface area (TPSA) is 246 Å². The minimum Gasteiger partial charge on any atom is -0.507 e. The number of phenols is 1. The number of allylic oxidation sites excluding steroid dienone is 6. The number of aromatic hydroxyl groups is 1. The summed E-state index contributed by atoms with van der Waals surface area (Å²) in [6, 6.07) is 8.97. The number of nitrogens with one attached hydrogen (secondary N) is 1. The van der Waals surface area contributed by atoms with E-state index in [1.165, 1.54) is 24.3 Å². The molecule has 3 aromatic carbocycles. The Kier molecular flexibility index (Phi) is 15.7. The molecule has 3 aromatic rings. The second-order valence-electron chi connectivity index (χ2n) is 20.1. The smallest absolute Gasteiger partial charge is 0.333 e. The van der Waals surface area contributed by atoms with Crippen molar-refractivity contribution >= 4 is 61.0 Å². The van der Waals surface area contributed by atoms with Crippen LogP contribution in [0.4, 0.5) is 11.4 Å². The Hall–Kier alpha value is -6.19. The molecule has 0 spiro atoms. The lowest BCUT2D eigenvalue weighted by Crippen LogP contribution is -2.51. The molecule has 4 aliphatic rings. The molecule has 392 valence electrons. The number of carbonyl (C=O) groups excluding carboxylic acids is 4. The fraction of sp³-hybridized carbons (Fsp3) is 0.453. The standard InChI is InChI=1S/C53H64N4O14S2/c1-33-34(2)49-38(35(3)48(33)61)24-25-53(8,70-49)50(62)54-26-29-69-30-28-56-42-21-19-37(73(66,67)68)32-40(42)52(6,7)44(56)16-12-9-11-15-43-51(4,5)39-31-36(72(63,64)65)18-20-41(39)55(43)27-14-10-13-17-47(60)71-57-45(58)22-23-46(57)59/h9,11-12,15-16,18-21,31-32H,10,13-14,17,22-30H2,1-8H3,(H3-,54,61,62,63,64,65,66,67,68)/p+1. The van der Waals surface area contributed by atoms with Gasteiger partial charge in [0.1, 0.15) is 18.0 Å². The first-order chi connectivity index (χ1) is 34.2. The van der Waals surface area contributed by atoms with Crippen molar-refractivity contribution in [3.8, 4) is 11.5 Å². The molecule has 1 fully saturated rings. The molecule has 18 nitrogen and oxygen atoms in total. The average molecular weight is 1050 g/mol. The van der Waals surface area contributed by atoms with Crippen molar-refractivity contribution in [1.29, 1.82) is 0 Å². The molecule has 4 N–H and O–H groups in total. The monoisotopic (exact) mass is 1050 g/mol. The van der Waals surface area contributed by atoms with Crippen LogP contribution >= 0.6 is 0 Å². The first-order valence-electron chi connectivity index (χ1n) is 24.3. The van der Waals surface area contributed by atoms with E-state index in [0.29, 0.717) is 72.7 Å². The number of hydrogen-bond donors (Lipinski definition) is 4. The number of rotatable bonds is 19. The molecule has 73 heavy (non-hydrogen) atoms. The van der Waals surface area contributed by atoms with Crippen molar-refractivity contribution in [2.45, 2.75) is 133 Å². The molecular formula is C53H65N4O14S2+. The van der Waals surface area contributed by atoms with Gasteiger partial charge in [-0.25, -0.2) is 4.79 Å². The fourth-order valence-corrected chi connectivity index (χ4v) is 11.1. The van der Waals surface area contributed by atoms with E-state index >= 15 is 0 Å². The summed E-state index contributed by atoms with van der Waals surface area (Å²) < 4.78 is 83.2. The molecule has 20 heteroatoms. The van der Waals surface area contributed by atoms with Crippen LogP contribution < -0.4 is 15.0 Å². The lowest BCUT2D eigenvalue weighted by Gasteiger charge is -2.36. The van der Waals surface area contributed by atoms with Crippen molar-refractivity contribution in [2.24, 2.45) is 0 Å². The molecule has 4 aliphatic heterocycles. The zero-order valence-corrected chi connectivity index (χ0v) is 44.2. The van der Waals surface area contributed by atoms with Gasteiger partial charge in [0.2, 0.25) is 5.69 Å². The molecule has 0 bridgehead atoms. The molecule has 0 saturated carbocycles. The summed E-state index contributed by atoms with van der Waals surface area (Å²) in [6.45, 7) is 16.6. The van der Waals surface area contributed by atoms with Crippen LogP contribution in [0.25, 0.3) is 0 Å². The second kappa shape index (κ2) is 21.0. The number of ether oxygens (including phenoxy) is 2. The van der Waals surface area contributed by atoms with Gasteiger partial charge in [-0.05, 0) is 119 Å². The van der Waals surface area contributed by atoms with Crippen molar-refractivity contribution in [3.63, 3.8) is 0 Å². The molecule has 7 rings (SSSR count). The lowest BCUT2D eigenvalue weighted by atomic mass is 9.81. The van der Waals surface area contributed by atoms with Crippen LogP contribution in [-0.4, -0.2) is 109 Å². The molecule has 3 amide bonds. The molecule has 0 aromatic heterocycles. The predicted molar refractivity (Wildman–Crippen MR) is 271 cm³/mol. The van der Waals surface area contributed by atoms with E-state index in [-0.39, 0.29) is 60.5 Å². The van der Waals surface area contributed by atoms with Gasteiger partial charge in [-0.3, -0.25) is 23.5 Å². The lowest BCUT2D eigenvalue weighted by molar-refractivity contribution is -0.438. The maximum atomic E-state index is 13.5. The Labute approximate surface area is 426 Å². The minimum atomic E-state index is -4.50. The molecule has 1 saturated heterocycles. The normalized spacial score (nSPS) is 19.8. The van der Waals surface area contributed by atoms with Crippen molar-refractivity contribution in [2.75, 3.05) is 37.7 Å². The predicted octanol–water partition coefficient (Wildman–Crippen LogP) is 7.07. The SMILES string of the molecule is Cc1c(C)c2c(c(C)c1O)CCC(C)(C(=O)NCCOCCN1C(=CC=CC=CC3=[N+](CCCCCC(=O)ON4C(=O)CCC4=O)c4ccc(S(=O)(=O)O)cc4C3(C)C)C(C)(C)c3cc(S(=O)(=O)O)ccc31)O2. The highest BCUT2D eigenvalue weighted by molar-refractivity contribution is 7.86. The molecular weight excluding hydrogens is 981 g/mol. The van der Waals surface area contributed by atoms with Crippen LogP contribution in [0.3, 0.4) is 0 Å². The number of anilines is 1. The molecule has 1 unspecified atom stereocenters. The molecule has 0 radical (unpaired) electrons. The van der Waals surface area contributed by atoms with Gasteiger partial charge in [-0.15, -0.1) is 5.06 Å². The van der Waals surface area contributed by atoms with Gasteiger partial charge < -0.3 is 29.6 Å². The number of amides is 3. The van der Waals surface area contributed by atoms with Gasteiger partial charge in [0.15, 0.2) is 11.3 Å². The summed E-state index contributed by atoms with van der Waals surface area (Å²) in [7, 11) is -9.00. The van der Waals surface area contributed by atoms with Gasteiger partial charge in [-0.2, -0.15) is 21.4 Å². The van der Waals surface area contributed by atoms with Gasteiger partial charge in [0.05, 0.1) is 28.4 Å². The number of nitrogens with zero attached hydrogens (tertiary/aromatic N) is 3. The Morgan fingerprint density at radius 2 is 1.47 bits per heavy atom. The van der Waals surface area contributed by atoms with Crippen LogP contribution in [0.1, 0.15) is 113 Å². The van der Waals surface area contributed by atoms with Crippen LogP contribution in [0, 0.1) is 20.8 Å². The summed E-state index contributed by atoms with van der Waals surface area (Å²) in [5.41, 5.74) is 5.13. The zero-order chi connectivity index (χ0) is 53.4.